The van der Waals surface area contributed by atoms with E-state index in [0.717, 1.165) is 36.9 Å². The minimum atomic E-state index is 0.434. The smallest absolute Gasteiger partial charge is 0.202 e. The highest BCUT2D eigenvalue weighted by Gasteiger charge is 2.14. The van der Waals surface area contributed by atoms with E-state index in [4.69, 9.17) is 9.47 Å². The molecule has 1 aliphatic rings. The molecule has 0 amide bonds. The first-order chi connectivity index (χ1) is 8.38. The summed E-state index contributed by atoms with van der Waals surface area (Å²) in [5.41, 5.74) is 0. The first-order valence-electron chi connectivity index (χ1n) is 6.05. The standard InChI is InChI=1S/C11H19N3O2S/c1-15-8-5-10-13-11(17-14-10)12-6-4-9-3-2-7-16-9/h9H,2-8H2,1H3,(H,12,13,14). The van der Waals surface area contributed by atoms with Gasteiger partial charge in [0.25, 0.3) is 0 Å². The van der Waals surface area contributed by atoms with Crippen LogP contribution in [0.25, 0.3) is 0 Å². The summed E-state index contributed by atoms with van der Waals surface area (Å²) < 4.78 is 14.8. The van der Waals surface area contributed by atoms with Crippen LogP contribution in [0.4, 0.5) is 5.13 Å². The molecule has 0 aromatic carbocycles. The predicted octanol–water partition coefficient (Wildman–Crippen LogP) is 1.71. The van der Waals surface area contributed by atoms with E-state index in [9.17, 15) is 0 Å². The number of hydrogen-bond acceptors (Lipinski definition) is 6. The van der Waals surface area contributed by atoms with E-state index in [2.05, 4.69) is 14.7 Å². The Morgan fingerprint density at radius 1 is 1.59 bits per heavy atom. The first kappa shape index (κ1) is 12.7. The summed E-state index contributed by atoms with van der Waals surface area (Å²) in [5, 5.41) is 4.19. The van der Waals surface area contributed by atoms with E-state index in [1.54, 1.807) is 7.11 Å². The Kier molecular flexibility index (Phi) is 5.15. The van der Waals surface area contributed by atoms with Crippen molar-refractivity contribution in [2.45, 2.75) is 31.8 Å². The van der Waals surface area contributed by atoms with Crippen LogP contribution >= 0.6 is 11.5 Å². The van der Waals surface area contributed by atoms with E-state index >= 15 is 0 Å². The van der Waals surface area contributed by atoms with Gasteiger partial charge in [-0.3, -0.25) is 0 Å². The molecule has 5 nitrogen and oxygen atoms in total. The van der Waals surface area contributed by atoms with Crippen molar-refractivity contribution in [1.82, 2.24) is 9.36 Å². The number of aromatic nitrogens is 2. The molecule has 0 radical (unpaired) electrons. The second-order valence-corrected chi connectivity index (χ2v) is 4.86. The first-order valence-corrected chi connectivity index (χ1v) is 6.83. The Hall–Kier alpha value is -0.720. The largest absolute Gasteiger partial charge is 0.384 e. The Bertz CT molecular complexity index is 326. The lowest BCUT2D eigenvalue weighted by atomic mass is 10.2. The van der Waals surface area contributed by atoms with Crippen LogP contribution < -0.4 is 5.32 Å². The molecule has 1 aromatic heterocycles. The van der Waals surface area contributed by atoms with Gasteiger partial charge in [0.1, 0.15) is 5.82 Å². The van der Waals surface area contributed by atoms with Gasteiger partial charge in [-0.05, 0) is 19.3 Å². The van der Waals surface area contributed by atoms with Gasteiger partial charge < -0.3 is 14.8 Å². The fourth-order valence-electron chi connectivity index (χ4n) is 1.83. The van der Waals surface area contributed by atoms with Gasteiger partial charge in [0.15, 0.2) is 0 Å². The van der Waals surface area contributed by atoms with Crippen molar-refractivity contribution in [3.05, 3.63) is 5.82 Å². The quantitative estimate of drug-likeness (QED) is 0.806. The third-order valence-electron chi connectivity index (χ3n) is 2.76. The number of ether oxygens (including phenoxy) is 2. The highest BCUT2D eigenvalue weighted by molar-refractivity contribution is 7.09. The number of nitrogens with one attached hydrogen (secondary N) is 1. The molecule has 0 bridgehead atoms. The zero-order chi connectivity index (χ0) is 11.9. The van der Waals surface area contributed by atoms with Crippen LogP contribution in [0.15, 0.2) is 0 Å². The van der Waals surface area contributed by atoms with Gasteiger partial charge in [0, 0.05) is 38.2 Å². The van der Waals surface area contributed by atoms with Gasteiger partial charge in [-0.2, -0.15) is 4.37 Å². The lowest BCUT2D eigenvalue weighted by Gasteiger charge is -2.08. The maximum Gasteiger partial charge on any atom is 0.202 e. The van der Waals surface area contributed by atoms with Gasteiger partial charge in [-0.1, -0.05) is 0 Å². The topological polar surface area (TPSA) is 56.3 Å². The highest BCUT2D eigenvalue weighted by Crippen LogP contribution is 2.16. The molecule has 2 rings (SSSR count). The summed E-state index contributed by atoms with van der Waals surface area (Å²) in [5.74, 6) is 0.858. The predicted molar refractivity (Wildman–Crippen MR) is 67.6 cm³/mol. The zero-order valence-electron chi connectivity index (χ0n) is 10.1. The molecule has 96 valence electrons. The third-order valence-corrected chi connectivity index (χ3v) is 3.48. The average Bonchev–Trinajstić information content (AvgIpc) is 2.98. The van der Waals surface area contributed by atoms with Crippen molar-refractivity contribution < 1.29 is 9.47 Å². The maximum atomic E-state index is 5.56. The second-order valence-electron chi connectivity index (χ2n) is 4.11. The van der Waals surface area contributed by atoms with Gasteiger partial charge in [-0.15, -0.1) is 0 Å². The molecule has 0 spiro atoms. The Morgan fingerprint density at radius 3 is 3.29 bits per heavy atom. The van der Waals surface area contributed by atoms with E-state index in [1.165, 1.54) is 24.4 Å². The lowest BCUT2D eigenvalue weighted by Crippen LogP contribution is -2.12. The summed E-state index contributed by atoms with van der Waals surface area (Å²) >= 11 is 1.41. The van der Waals surface area contributed by atoms with Crippen molar-refractivity contribution in [3.8, 4) is 0 Å². The molecule has 0 aliphatic carbocycles. The molecular weight excluding hydrogens is 238 g/mol. The van der Waals surface area contributed by atoms with Gasteiger partial charge >= 0.3 is 0 Å². The Labute approximate surface area is 106 Å². The molecule has 17 heavy (non-hydrogen) atoms. The monoisotopic (exact) mass is 257 g/mol. The summed E-state index contributed by atoms with van der Waals surface area (Å²) in [6.45, 7) is 2.50. The number of hydrogen-bond donors (Lipinski definition) is 1. The van der Waals surface area contributed by atoms with Gasteiger partial charge in [0.2, 0.25) is 5.13 Å². The van der Waals surface area contributed by atoms with Crippen molar-refractivity contribution in [2.75, 3.05) is 32.2 Å². The number of anilines is 1. The van der Waals surface area contributed by atoms with Crippen molar-refractivity contribution in [1.29, 1.82) is 0 Å². The van der Waals surface area contributed by atoms with Gasteiger partial charge in [-0.25, -0.2) is 4.98 Å². The Balaban J connectivity index is 1.65. The Morgan fingerprint density at radius 2 is 2.53 bits per heavy atom. The molecule has 6 heteroatoms. The minimum Gasteiger partial charge on any atom is -0.384 e. The van der Waals surface area contributed by atoms with Crippen LogP contribution in [0.2, 0.25) is 0 Å². The van der Waals surface area contributed by atoms with E-state index in [-0.39, 0.29) is 0 Å². The van der Waals surface area contributed by atoms with E-state index in [1.807, 2.05) is 0 Å². The third kappa shape index (κ3) is 4.22. The highest BCUT2D eigenvalue weighted by atomic mass is 32.1. The van der Waals surface area contributed by atoms with Crippen LogP contribution in [0.1, 0.15) is 25.1 Å². The minimum absolute atomic E-state index is 0.434. The molecule has 1 unspecified atom stereocenters. The van der Waals surface area contributed by atoms with Crippen LogP contribution in [-0.2, 0) is 15.9 Å². The summed E-state index contributed by atoms with van der Waals surface area (Å²) in [7, 11) is 1.69. The van der Waals surface area contributed by atoms with Crippen LogP contribution in [-0.4, -0.2) is 42.3 Å². The summed E-state index contributed by atoms with van der Waals surface area (Å²) in [4.78, 5) is 4.39. The molecule has 2 heterocycles. The fraction of sp³-hybridized carbons (Fsp3) is 0.818. The maximum absolute atomic E-state index is 5.56. The second kappa shape index (κ2) is 6.88. The average molecular weight is 257 g/mol. The molecule has 1 atom stereocenters. The molecular formula is C11H19N3O2S. The van der Waals surface area contributed by atoms with Crippen molar-refractivity contribution >= 4 is 16.7 Å². The molecule has 1 saturated heterocycles. The molecule has 1 fully saturated rings. The number of nitrogens with zero attached hydrogens (tertiary/aromatic N) is 2. The normalized spacial score (nSPS) is 19.7. The molecule has 1 N–H and O–H groups in total. The van der Waals surface area contributed by atoms with Gasteiger partial charge in [0.05, 0.1) is 12.7 Å². The molecule has 0 saturated carbocycles. The lowest BCUT2D eigenvalue weighted by molar-refractivity contribution is 0.107. The molecule has 1 aromatic rings. The SMILES string of the molecule is COCCc1nsc(NCCC2CCCO2)n1. The fourth-order valence-corrected chi connectivity index (χ4v) is 2.47. The summed E-state index contributed by atoms with van der Waals surface area (Å²) in [6.07, 6.45) is 4.65. The zero-order valence-corrected chi connectivity index (χ0v) is 11.0. The summed E-state index contributed by atoms with van der Waals surface area (Å²) in [6, 6.07) is 0. The van der Waals surface area contributed by atoms with Crippen molar-refractivity contribution in [2.24, 2.45) is 0 Å². The van der Waals surface area contributed by atoms with Crippen LogP contribution in [0.5, 0.6) is 0 Å². The van der Waals surface area contributed by atoms with Crippen LogP contribution in [0.3, 0.4) is 0 Å². The van der Waals surface area contributed by atoms with E-state index < -0.39 is 0 Å². The molecule has 1 aliphatic heterocycles. The number of methoxy groups -OCH3 is 1. The number of rotatable bonds is 7. The van der Waals surface area contributed by atoms with Crippen LogP contribution in [0, 0.1) is 0 Å². The van der Waals surface area contributed by atoms with E-state index in [0.29, 0.717) is 12.7 Å². The van der Waals surface area contributed by atoms with Crippen molar-refractivity contribution in [3.63, 3.8) is 0 Å².